The third-order valence-corrected chi connectivity index (χ3v) is 5.34. The van der Waals surface area contributed by atoms with Crippen molar-refractivity contribution in [2.24, 2.45) is 5.73 Å². The number of amides is 5. The van der Waals surface area contributed by atoms with E-state index in [4.69, 9.17) is 5.73 Å². The Morgan fingerprint density at radius 3 is 2.61 bits per heavy atom. The van der Waals surface area contributed by atoms with Crippen LogP contribution in [0.15, 0.2) is 18.2 Å². The molecule has 1 aromatic carbocycles. The number of unbranched alkanes of at least 4 members (excludes halogenated alkanes) is 3. The summed E-state index contributed by atoms with van der Waals surface area (Å²) in [7, 11) is 0. The number of fused-ring (bicyclic) bond motifs is 1. The topological polar surface area (TPSA) is 151 Å². The van der Waals surface area contributed by atoms with Gasteiger partial charge in [-0.2, -0.15) is 0 Å². The normalized spacial score (nSPS) is 18.2. The Morgan fingerprint density at radius 1 is 1.10 bits per heavy atom. The van der Waals surface area contributed by atoms with Crippen molar-refractivity contribution in [1.82, 2.24) is 15.5 Å². The maximum Gasteiger partial charge on any atom is 0.264 e. The first-order valence-electron chi connectivity index (χ1n) is 10.5. The average molecular weight is 429 g/mol. The van der Waals surface area contributed by atoms with Gasteiger partial charge in [0.25, 0.3) is 11.8 Å². The molecule has 2 aliphatic rings. The summed E-state index contributed by atoms with van der Waals surface area (Å²) >= 11 is 0. The van der Waals surface area contributed by atoms with E-state index in [1.54, 1.807) is 12.1 Å². The number of carbonyl (C=O) groups is 5. The number of imide groups is 2. The van der Waals surface area contributed by atoms with Crippen LogP contribution in [-0.4, -0.2) is 60.1 Å². The second kappa shape index (κ2) is 10.3. The molecule has 0 bridgehead atoms. The molecule has 10 heteroatoms. The van der Waals surface area contributed by atoms with Gasteiger partial charge in [0, 0.05) is 6.42 Å². The van der Waals surface area contributed by atoms with Crippen LogP contribution < -0.4 is 21.7 Å². The van der Waals surface area contributed by atoms with Crippen molar-refractivity contribution in [3.05, 3.63) is 29.3 Å². The molecule has 3 rings (SSSR count). The van der Waals surface area contributed by atoms with Gasteiger partial charge < -0.3 is 16.4 Å². The summed E-state index contributed by atoms with van der Waals surface area (Å²) in [5, 5.41) is 7.88. The Balaban J connectivity index is 1.62. The van der Waals surface area contributed by atoms with Crippen LogP contribution in [0, 0.1) is 0 Å². The van der Waals surface area contributed by atoms with Crippen molar-refractivity contribution < 1.29 is 24.0 Å². The third-order valence-electron chi connectivity index (χ3n) is 5.34. The molecule has 1 unspecified atom stereocenters. The predicted molar refractivity (Wildman–Crippen MR) is 112 cm³/mol. The van der Waals surface area contributed by atoms with Gasteiger partial charge >= 0.3 is 0 Å². The Labute approximate surface area is 179 Å². The van der Waals surface area contributed by atoms with Gasteiger partial charge in [-0.15, -0.1) is 0 Å². The van der Waals surface area contributed by atoms with Crippen molar-refractivity contribution in [2.75, 3.05) is 25.0 Å². The van der Waals surface area contributed by atoms with Crippen LogP contribution in [-0.2, 0) is 14.4 Å². The minimum absolute atomic E-state index is 0.0469. The molecular weight excluding hydrogens is 402 g/mol. The molecule has 31 heavy (non-hydrogen) atoms. The van der Waals surface area contributed by atoms with Crippen molar-refractivity contribution >= 4 is 35.2 Å². The quantitative estimate of drug-likeness (QED) is 0.305. The van der Waals surface area contributed by atoms with E-state index in [1.807, 2.05) is 0 Å². The first-order chi connectivity index (χ1) is 14.9. The first-order valence-corrected chi connectivity index (χ1v) is 10.5. The highest BCUT2D eigenvalue weighted by Gasteiger charge is 2.45. The van der Waals surface area contributed by atoms with Crippen LogP contribution in [0.5, 0.6) is 0 Å². The molecule has 10 nitrogen and oxygen atoms in total. The van der Waals surface area contributed by atoms with Gasteiger partial charge in [-0.05, 0) is 44.5 Å². The lowest BCUT2D eigenvalue weighted by Crippen LogP contribution is -2.54. The molecule has 5 N–H and O–H groups in total. The molecule has 0 spiro atoms. The van der Waals surface area contributed by atoms with Gasteiger partial charge in [-0.1, -0.05) is 18.9 Å². The van der Waals surface area contributed by atoms with Crippen LogP contribution in [0.3, 0.4) is 0 Å². The van der Waals surface area contributed by atoms with E-state index in [0.29, 0.717) is 13.1 Å². The van der Waals surface area contributed by atoms with Crippen molar-refractivity contribution in [1.29, 1.82) is 0 Å². The highest BCUT2D eigenvalue weighted by molar-refractivity contribution is 6.26. The summed E-state index contributed by atoms with van der Waals surface area (Å²) in [5.74, 6) is -2.71. The number of rotatable bonds is 10. The Hall–Kier alpha value is -3.11. The number of hydrogen-bond donors (Lipinski definition) is 4. The molecule has 166 valence electrons. The predicted octanol–water partition coefficient (Wildman–Crippen LogP) is 0.135. The first kappa shape index (κ1) is 22.6. The molecule has 0 saturated carbocycles. The fourth-order valence-electron chi connectivity index (χ4n) is 3.76. The lowest BCUT2D eigenvalue weighted by Gasteiger charge is -2.27. The van der Waals surface area contributed by atoms with E-state index in [2.05, 4.69) is 16.0 Å². The fourth-order valence-corrected chi connectivity index (χ4v) is 3.76. The molecule has 1 atom stereocenters. The van der Waals surface area contributed by atoms with Gasteiger partial charge in [-0.3, -0.25) is 34.2 Å². The molecule has 2 heterocycles. The second-order valence-corrected chi connectivity index (χ2v) is 7.60. The minimum Gasteiger partial charge on any atom is -0.330 e. The van der Waals surface area contributed by atoms with Gasteiger partial charge in [0.15, 0.2) is 0 Å². The number of nitrogens with zero attached hydrogens (tertiary/aromatic N) is 1. The Bertz CT molecular complexity index is 900. The number of nitrogens with one attached hydrogen (secondary N) is 3. The van der Waals surface area contributed by atoms with Gasteiger partial charge in [0.05, 0.1) is 23.4 Å². The van der Waals surface area contributed by atoms with Crippen LogP contribution >= 0.6 is 0 Å². The molecule has 0 aromatic heterocycles. The van der Waals surface area contributed by atoms with Gasteiger partial charge in [-0.25, -0.2) is 0 Å². The minimum atomic E-state index is -1.05. The van der Waals surface area contributed by atoms with E-state index in [0.717, 1.165) is 30.6 Å². The number of piperidine rings is 1. The molecule has 0 aliphatic carbocycles. The zero-order valence-corrected chi connectivity index (χ0v) is 17.2. The average Bonchev–Trinajstić information content (AvgIpc) is 2.99. The summed E-state index contributed by atoms with van der Waals surface area (Å²) in [4.78, 5) is 62.5. The molecule has 1 fully saturated rings. The van der Waals surface area contributed by atoms with Gasteiger partial charge in [0.2, 0.25) is 17.7 Å². The van der Waals surface area contributed by atoms with Crippen LogP contribution in [0.25, 0.3) is 0 Å². The van der Waals surface area contributed by atoms with E-state index >= 15 is 0 Å². The fraction of sp³-hybridized carbons (Fsp3) is 0.476. The molecule has 2 aliphatic heterocycles. The molecule has 1 aromatic rings. The maximum absolute atomic E-state index is 13.0. The number of nitrogens with two attached hydrogens (primary N) is 1. The van der Waals surface area contributed by atoms with E-state index < -0.39 is 29.7 Å². The number of benzene rings is 1. The zero-order chi connectivity index (χ0) is 22.4. The summed E-state index contributed by atoms with van der Waals surface area (Å²) < 4.78 is 0. The molecule has 0 radical (unpaired) electrons. The monoisotopic (exact) mass is 429 g/mol. The van der Waals surface area contributed by atoms with Crippen LogP contribution in [0.4, 0.5) is 5.69 Å². The highest BCUT2D eigenvalue weighted by atomic mass is 16.2. The zero-order valence-electron chi connectivity index (χ0n) is 17.2. The smallest absolute Gasteiger partial charge is 0.264 e. The lowest BCUT2D eigenvalue weighted by atomic mass is 10.0. The number of hydrogen-bond acceptors (Lipinski definition) is 7. The summed E-state index contributed by atoms with van der Waals surface area (Å²) in [6.07, 6.45) is 4.13. The maximum atomic E-state index is 13.0. The van der Waals surface area contributed by atoms with Crippen molar-refractivity contribution in [2.45, 2.75) is 44.6 Å². The SMILES string of the molecule is NCCCCCCNCC(=O)Nc1cccc2c1C(=O)N(C1CCC(=O)NC1=O)C2=O. The summed E-state index contributed by atoms with van der Waals surface area (Å²) in [5.41, 5.74) is 5.86. The lowest BCUT2D eigenvalue weighted by molar-refractivity contribution is -0.136. The Kier molecular flexibility index (Phi) is 7.48. The van der Waals surface area contributed by atoms with Crippen LogP contribution in [0.2, 0.25) is 0 Å². The second-order valence-electron chi connectivity index (χ2n) is 7.60. The van der Waals surface area contributed by atoms with Crippen molar-refractivity contribution in [3.63, 3.8) is 0 Å². The van der Waals surface area contributed by atoms with Gasteiger partial charge in [0.1, 0.15) is 6.04 Å². The third kappa shape index (κ3) is 5.15. The standard InChI is InChI=1S/C21H27N5O5/c22-10-3-1-2-4-11-23-12-17(28)24-14-7-5-6-13-18(14)21(31)26(20(13)30)15-8-9-16(27)25-19(15)29/h5-7,15,23H,1-4,8-12,22H2,(H,24,28)(H,25,27,29). The molecule has 1 saturated heterocycles. The molecule has 5 amide bonds. The van der Waals surface area contributed by atoms with E-state index in [1.165, 1.54) is 6.07 Å². The Morgan fingerprint density at radius 2 is 1.87 bits per heavy atom. The summed E-state index contributed by atoms with van der Waals surface area (Å²) in [6, 6.07) is 3.55. The highest BCUT2D eigenvalue weighted by Crippen LogP contribution is 2.32. The number of carbonyl (C=O) groups excluding carboxylic acids is 5. The largest absolute Gasteiger partial charge is 0.330 e. The van der Waals surface area contributed by atoms with Crippen molar-refractivity contribution in [3.8, 4) is 0 Å². The van der Waals surface area contributed by atoms with E-state index in [-0.39, 0.29) is 42.1 Å². The van der Waals surface area contributed by atoms with E-state index in [9.17, 15) is 24.0 Å². The summed E-state index contributed by atoms with van der Waals surface area (Å²) in [6.45, 7) is 1.44. The molecular formula is C21H27N5O5. The van der Waals surface area contributed by atoms with Crippen LogP contribution in [0.1, 0.15) is 59.2 Å². The number of anilines is 1.